The average Bonchev–Trinajstić information content (AvgIpc) is 2.42. The molecule has 1 aromatic rings. The minimum atomic E-state index is -4.19. The molecule has 1 aromatic carbocycles. The molecule has 0 spiro atoms. The van der Waals surface area contributed by atoms with Gasteiger partial charge in [0.1, 0.15) is 11.4 Å². The highest BCUT2D eigenvalue weighted by Crippen LogP contribution is 2.35. The molecule has 1 unspecified atom stereocenters. The lowest BCUT2D eigenvalue weighted by Gasteiger charge is -2.25. The van der Waals surface area contributed by atoms with E-state index in [1.807, 2.05) is 0 Å². The molecule has 0 saturated heterocycles. The number of hydrogen-bond acceptors (Lipinski definition) is 6. The normalized spacial score (nSPS) is 20.4. The third-order valence-electron chi connectivity index (χ3n) is 2.81. The molecule has 1 aliphatic rings. The number of aliphatic hydroxyl groups is 1. The van der Waals surface area contributed by atoms with Gasteiger partial charge in [0, 0.05) is 19.6 Å². The predicted molar refractivity (Wildman–Crippen MR) is 65.0 cm³/mol. The van der Waals surface area contributed by atoms with Gasteiger partial charge in [-0.25, -0.2) is 0 Å². The van der Waals surface area contributed by atoms with Gasteiger partial charge in [0.05, 0.1) is 12.3 Å². The predicted octanol–water partition coefficient (Wildman–Crippen LogP) is -1.95. The van der Waals surface area contributed by atoms with Crippen LogP contribution < -0.4 is 21.1 Å². The third kappa shape index (κ3) is 2.46. The zero-order chi connectivity index (χ0) is 13.5. The highest BCUT2D eigenvalue weighted by molar-refractivity contribution is 7.51. The van der Waals surface area contributed by atoms with Crippen molar-refractivity contribution in [3.8, 4) is 0 Å². The van der Waals surface area contributed by atoms with Gasteiger partial charge in [-0.15, -0.1) is 0 Å². The van der Waals surface area contributed by atoms with E-state index in [-0.39, 0.29) is 31.0 Å². The number of aliphatic hydroxyl groups excluding tert-OH is 1. The third-order valence-corrected chi connectivity index (χ3v) is 3.59. The van der Waals surface area contributed by atoms with Crippen LogP contribution in [0.3, 0.4) is 0 Å². The van der Waals surface area contributed by atoms with Crippen molar-refractivity contribution in [3.63, 3.8) is 0 Å². The molecule has 0 bridgehead atoms. The Morgan fingerprint density at radius 3 is 2.61 bits per heavy atom. The maximum Gasteiger partial charge on any atom is 0.327 e. The fraction of sp³-hybridized carbons (Fsp3) is 0.556. The Morgan fingerprint density at radius 2 is 2.00 bits per heavy atom. The Hall–Kier alpha value is -1.21. The Bertz CT molecular complexity index is 572. The molecule has 100 valence electrons. The largest absolute Gasteiger partial charge is 0.389 e. The first kappa shape index (κ1) is 13.2. The summed E-state index contributed by atoms with van der Waals surface area (Å²) in [7, 11) is -4.19. The number of nitrogens with zero attached hydrogens (tertiary/aromatic N) is 1. The number of rotatable bonds is 3. The van der Waals surface area contributed by atoms with E-state index in [4.69, 9.17) is 9.79 Å². The highest BCUT2D eigenvalue weighted by atomic mass is 31.2. The van der Waals surface area contributed by atoms with Crippen LogP contribution >= 0.6 is 7.60 Å². The van der Waals surface area contributed by atoms with Crippen molar-refractivity contribution >= 4 is 19.0 Å². The molecule has 1 atom stereocenters. The van der Waals surface area contributed by atoms with Gasteiger partial charge in [-0.1, -0.05) is 0 Å². The lowest BCUT2D eigenvalue weighted by molar-refractivity contribution is 0.194. The zero-order valence-corrected chi connectivity index (χ0v) is 10.3. The first-order chi connectivity index (χ1) is 8.29. The summed E-state index contributed by atoms with van der Waals surface area (Å²) in [5.41, 5.74) is -1.09. The van der Waals surface area contributed by atoms with E-state index in [1.54, 1.807) is 0 Å². The molecule has 0 aliphatic carbocycles. The van der Waals surface area contributed by atoms with Crippen molar-refractivity contribution in [2.45, 2.75) is 6.10 Å². The quantitative estimate of drug-likeness (QED) is 0.370. The summed E-state index contributed by atoms with van der Waals surface area (Å²) in [6.45, 7) is 0.107. The minimum absolute atomic E-state index is 0.0604. The topological polar surface area (TPSA) is 127 Å². The molecule has 0 fully saturated rings. The molecule has 1 heterocycles. The van der Waals surface area contributed by atoms with Crippen LogP contribution in [0.5, 0.6) is 0 Å². The molecular weight excluding hydrogens is 263 g/mol. The van der Waals surface area contributed by atoms with Gasteiger partial charge in [-0.05, 0) is 0 Å². The second-order valence-electron chi connectivity index (χ2n) is 4.25. The number of hydrogen-bond donors (Lipinski definition) is 4. The number of fused-ring (bicyclic) bond motifs is 1. The van der Waals surface area contributed by atoms with Crippen LogP contribution in [0, 0.1) is 0 Å². The lowest BCUT2D eigenvalue weighted by Crippen LogP contribution is -2.43. The van der Waals surface area contributed by atoms with Gasteiger partial charge in [-0.3, -0.25) is 14.2 Å². The molecule has 4 N–H and O–H groups in total. The fourth-order valence-electron chi connectivity index (χ4n) is 1.93. The molecule has 18 heavy (non-hydrogen) atoms. The fourth-order valence-corrected chi connectivity index (χ4v) is 2.43. The molecule has 9 heteroatoms. The van der Waals surface area contributed by atoms with E-state index in [0.717, 1.165) is 0 Å². The van der Waals surface area contributed by atoms with Gasteiger partial charge < -0.3 is 25.1 Å². The molecule has 8 nitrogen and oxygen atoms in total. The molecule has 2 rings (SSSR count). The molecule has 1 aliphatic heterocycles. The molecular formula is C9H13N2O6P. The van der Waals surface area contributed by atoms with Crippen LogP contribution in [0.15, 0.2) is 9.59 Å². The highest BCUT2D eigenvalue weighted by Gasteiger charge is 2.31. The second kappa shape index (κ2) is 4.47. The summed E-state index contributed by atoms with van der Waals surface area (Å²) in [6.07, 6.45) is -1.24. The van der Waals surface area contributed by atoms with Gasteiger partial charge in [0.2, 0.25) is 0 Å². The van der Waals surface area contributed by atoms with Crippen molar-refractivity contribution in [1.29, 1.82) is 0 Å². The number of β-amino-alcohol motifs (C(OH)–C–C–N with tert-alkyl or cyclic N) is 1. The van der Waals surface area contributed by atoms with Crippen molar-refractivity contribution in [2.24, 2.45) is 0 Å². The lowest BCUT2D eigenvalue weighted by atomic mass is 10.2. The standard InChI is InChI=1S/C9H13N2O6P/c12-5-3-10-6-7(9(14)8(6)13)11(4-5)1-2-18(15,16)17/h5,10,12H,1-4H2,(H2,15,16,17). The Labute approximate surface area is 102 Å². The van der Waals surface area contributed by atoms with Gasteiger partial charge >= 0.3 is 7.60 Å². The first-order valence-corrected chi connectivity index (χ1v) is 7.14. The summed E-state index contributed by atoms with van der Waals surface area (Å²) < 4.78 is 10.8. The van der Waals surface area contributed by atoms with Crippen molar-refractivity contribution in [1.82, 2.24) is 0 Å². The van der Waals surface area contributed by atoms with Crippen LogP contribution in [0.2, 0.25) is 0 Å². The van der Waals surface area contributed by atoms with E-state index in [0.29, 0.717) is 0 Å². The number of anilines is 2. The molecule has 0 aromatic heterocycles. The van der Waals surface area contributed by atoms with Crippen LogP contribution in [-0.2, 0) is 4.57 Å². The summed E-state index contributed by atoms with van der Waals surface area (Å²) in [5, 5.41) is 12.2. The second-order valence-corrected chi connectivity index (χ2v) is 6.03. The minimum Gasteiger partial charge on any atom is -0.389 e. The SMILES string of the molecule is O=c1c2c(c1=O)N(CCP(=O)(O)O)CC(O)CN2. The molecule has 0 amide bonds. The average molecular weight is 276 g/mol. The first-order valence-electron chi connectivity index (χ1n) is 5.34. The van der Waals surface area contributed by atoms with Crippen molar-refractivity contribution < 1.29 is 19.5 Å². The van der Waals surface area contributed by atoms with E-state index >= 15 is 0 Å². The Balaban J connectivity index is 2.23. The zero-order valence-electron chi connectivity index (χ0n) is 9.37. The van der Waals surface area contributed by atoms with Gasteiger partial charge in [-0.2, -0.15) is 0 Å². The maximum atomic E-state index is 11.4. The van der Waals surface area contributed by atoms with Gasteiger partial charge in [0.15, 0.2) is 0 Å². The summed E-state index contributed by atoms with van der Waals surface area (Å²) >= 11 is 0. The van der Waals surface area contributed by atoms with Crippen molar-refractivity contribution in [2.75, 3.05) is 36.0 Å². The maximum absolute atomic E-state index is 11.4. The van der Waals surface area contributed by atoms with E-state index in [1.165, 1.54) is 4.90 Å². The van der Waals surface area contributed by atoms with E-state index in [9.17, 15) is 19.3 Å². The van der Waals surface area contributed by atoms with E-state index < -0.39 is 30.7 Å². The Morgan fingerprint density at radius 1 is 1.33 bits per heavy atom. The summed E-state index contributed by atoms with van der Waals surface area (Å²) in [6, 6.07) is 0. The van der Waals surface area contributed by atoms with Gasteiger partial charge in [0.25, 0.3) is 10.9 Å². The monoisotopic (exact) mass is 276 g/mol. The van der Waals surface area contributed by atoms with E-state index in [2.05, 4.69) is 5.32 Å². The van der Waals surface area contributed by atoms with Crippen molar-refractivity contribution in [3.05, 3.63) is 20.4 Å². The Kier molecular flexibility index (Phi) is 3.29. The van der Waals surface area contributed by atoms with Crippen LogP contribution in [-0.4, -0.2) is 46.8 Å². The summed E-state index contributed by atoms with van der Waals surface area (Å²) in [5.74, 6) is 0. The smallest absolute Gasteiger partial charge is 0.327 e. The summed E-state index contributed by atoms with van der Waals surface area (Å²) in [4.78, 5) is 41.7. The van der Waals surface area contributed by atoms with Crippen LogP contribution in [0.1, 0.15) is 0 Å². The number of nitrogens with one attached hydrogen (secondary N) is 1. The van der Waals surface area contributed by atoms with Crippen LogP contribution in [0.4, 0.5) is 11.4 Å². The molecule has 0 radical (unpaired) electrons. The molecule has 0 saturated carbocycles. The van der Waals surface area contributed by atoms with Crippen LogP contribution in [0.25, 0.3) is 0 Å².